The van der Waals surface area contributed by atoms with Crippen LogP contribution in [0.2, 0.25) is 0 Å². The van der Waals surface area contributed by atoms with Crippen molar-refractivity contribution in [1.29, 1.82) is 0 Å². The van der Waals surface area contributed by atoms with Gasteiger partial charge in [-0.1, -0.05) is 54.6 Å². The van der Waals surface area contributed by atoms with Crippen LogP contribution in [0.25, 0.3) is 39.3 Å². The summed E-state index contributed by atoms with van der Waals surface area (Å²) in [6, 6.07) is 32.8. The molecule has 2 aliphatic rings. The van der Waals surface area contributed by atoms with Crippen molar-refractivity contribution in [3.63, 3.8) is 0 Å². The number of benzene rings is 3. The molecule has 0 N–H and O–H groups in total. The van der Waals surface area contributed by atoms with E-state index in [0.717, 1.165) is 33.6 Å². The number of allylic oxidation sites excluding steroid dienone is 1. The zero-order chi connectivity index (χ0) is 27.4. The average Bonchev–Trinajstić information content (AvgIpc) is 3.03. The van der Waals surface area contributed by atoms with Gasteiger partial charge in [0.2, 0.25) is 23.1 Å². The molecule has 7 rings (SSSR count). The van der Waals surface area contributed by atoms with Crippen molar-refractivity contribution >= 4 is 5.70 Å². The summed E-state index contributed by atoms with van der Waals surface area (Å²) in [6.07, 6.45) is 0.437. The van der Waals surface area contributed by atoms with Gasteiger partial charge in [-0.3, -0.25) is 0 Å². The fraction of sp³-hybridized carbons (Fsp3) is 0.143. The Morgan fingerprint density at radius 3 is 2.27 bits per heavy atom. The monoisotopic (exact) mass is 532 g/mol. The Morgan fingerprint density at radius 2 is 1.45 bits per heavy atom. The summed E-state index contributed by atoms with van der Waals surface area (Å²) in [7, 11) is 0. The van der Waals surface area contributed by atoms with Gasteiger partial charge in [0.05, 0.1) is 17.0 Å². The summed E-state index contributed by atoms with van der Waals surface area (Å²) in [5.41, 5.74) is 7.21. The van der Waals surface area contributed by atoms with Gasteiger partial charge in [0.15, 0.2) is 12.4 Å². The van der Waals surface area contributed by atoms with E-state index in [4.69, 9.17) is 0 Å². The SMILES string of the molecule is C=C1C2C(CCc3c(cccc3C(F)(F)F)-c3cc(-c4ccccc4)cc[n+]31)c1ccccc1-c1cccc[n+]12. The molecule has 40 heavy (non-hydrogen) atoms. The molecule has 2 unspecified atom stereocenters. The van der Waals surface area contributed by atoms with Crippen LogP contribution in [0.5, 0.6) is 0 Å². The second kappa shape index (κ2) is 9.30. The molecule has 196 valence electrons. The zero-order valence-electron chi connectivity index (χ0n) is 21.8. The van der Waals surface area contributed by atoms with Crippen LogP contribution in [0.4, 0.5) is 13.2 Å². The molecule has 2 atom stereocenters. The van der Waals surface area contributed by atoms with Crippen molar-refractivity contribution in [1.82, 2.24) is 0 Å². The third-order valence-corrected chi connectivity index (χ3v) is 8.38. The summed E-state index contributed by atoms with van der Waals surface area (Å²) in [5, 5.41) is 0. The van der Waals surface area contributed by atoms with Gasteiger partial charge in [-0.2, -0.15) is 22.3 Å². The first-order valence-corrected chi connectivity index (χ1v) is 13.5. The number of nitrogens with zero attached hydrogens (tertiary/aromatic N) is 2. The van der Waals surface area contributed by atoms with Gasteiger partial charge in [-0.05, 0) is 65.9 Å². The van der Waals surface area contributed by atoms with E-state index in [0.29, 0.717) is 29.7 Å². The predicted octanol–water partition coefficient (Wildman–Crippen LogP) is 8.04. The standard InChI is InChI=1S/C35H27F3N2/c1-23-34-30(26-12-5-6-13-28(26)32-16-7-8-20-40(32)34)18-17-27-29(14-9-15-31(27)35(36,37)38)33-22-25(19-21-39(23)33)24-10-3-2-4-11-24/h2-16,19-22,30,34H,1,17-18H2/q+2. The number of rotatable bonds is 1. The minimum atomic E-state index is -4.45. The number of pyridine rings is 2. The fourth-order valence-corrected chi connectivity index (χ4v) is 6.62. The van der Waals surface area contributed by atoms with Crippen molar-refractivity contribution in [2.24, 2.45) is 0 Å². The Bertz CT molecular complexity index is 1770. The topological polar surface area (TPSA) is 7.76 Å². The summed E-state index contributed by atoms with van der Waals surface area (Å²) < 4.78 is 47.6. The lowest BCUT2D eigenvalue weighted by atomic mass is 9.78. The van der Waals surface area contributed by atoms with E-state index in [9.17, 15) is 13.2 Å². The molecular weight excluding hydrogens is 505 g/mol. The molecule has 3 aromatic carbocycles. The normalized spacial score (nSPS) is 17.7. The Labute approximate surface area is 231 Å². The molecule has 0 fully saturated rings. The molecule has 2 nitrogen and oxygen atoms in total. The summed E-state index contributed by atoms with van der Waals surface area (Å²) >= 11 is 0. The maximum absolute atomic E-state index is 14.4. The summed E-state index contributed by atoms with van der Waals surface area (Å²) in [4.78, 5) is 0. The Hall–Kier alpha value is -4.51. The molecule has 4 heterocycles. The molecule has 0 aliphatic carbocycles. The summed E-state index contributed by atoms with van der Waals surface area (Å²) in [6.45, 7) is 4.62. The molecule has 0 bridgehead atoms. The lowest BCUT2D eigenvalue weighted by molar-refractivity contribution is -0.727. The highest BCUT2D eigenvalue weighted by molar-refractivity contribution is 5.73. The Morgan fingerprint density at radius 1 is 0.700 bits per heavy atom. The molecule has 2 aliphatic heterocycles. The van der Waals surface area contributed by atoms with Crippen LogP contribution in [-0.2, 0) is 12.6 Å². The zero-order valence-corrected chi connectivity index (χ0v) is 21.8. The number of alkyl halides is 3. The molecule has 5 heteroatoms. The first kappa shape index (κ1) is 24.5. The second-order valence-corrected chi connectivity index (χ2v) is 10.5. The highest BCUT2D eigenvalue weighted by atomic mass is 19.4. The highest BCUT2D eigenvalue weighted by Crippen LogP contribution is 2.46. The van der Waals surface area contributed by atoms with E-state index in [1.165, 1.54) is 12.1 Å². The molecule has 0 radical (unpaired) electrons. The average molecular weight is 533 g/mol. The molecule has 2 aromatic heterocycles. The van der Waals surface area contributed by atoms with Crippen LogP contribution < -0.4 is 9.13 Å². The summed E-state index contributed by atoms with van der Waals surface area (Å²) in [5.74, 6) is -0.0509. The van der Waals surface area contributed by atoms with Crippen molar-refractivity contribution in [2.75, 3.05) is 0 Å². The maximum atomic E-state index is 14.4. The smallest absolute Gasteiger partial charge is 0.184 e. The lowest BCUT2D eigenvalue weighted by Crippen LogP contribution is -2.53. The first-order valence-electron chi connectivity index (χ1n) is 13.5. The number of fused-ring (bicyclic) bond motifs is 9. The molecule has 0 saturated carbocycles. The molecule has 0 saturated heterocycles. The third kappa shape index (κ3) is 3.88. The molecule has 0 amide bonds. The maximum Gasteiger partial charge on any atom is 0.416 e. The lowest BCUT2D eigenvalue weighted by Gasteiger charge is -2.29. The van der Waals surface area contributed by atoms with Crippen molar-refractivity contribution in [3.8, 4) is 33.6 Å². The molecule has 5 aromatic rings. The van der Waals surface area contributed by atoms with Crippen LogP contribution in [0.3, 0.4) is 0 Å². The van der Waals surface area contributed by atoms with E-state index in [-0.39, 0.29) is 12.0 Å². The first-order chi connectivity index (χ1) is 19.4. The van der Waals surface area contributed by atoms with Crippen LogP contribution in [-0.4, -0.2) is 0 Å². The van der Waals surface area contributed by atoms with E-state index in [1.807, 2.05) is 83.6 Å². The highest BCUT2D eigenvalue weighted by Gasteiger charge is 2.47. The predicted molar refractivity (Wildman–Crippen MR) is 150 cm³/mol. The number of halogens is 3. The van der Waals surface area contributed by atoms with Gasteiger partial charge in [-0.25, -0.2) is 0 Å². The van der Waals surface area contributed by atoms with Crippen molar-refractivity contribution < 1.29 is 22.3 Å². The molecule has 0 spiro atoms. The number of aromatic nitrogens is 2. The largest absolute Gasteiger partial charge is 0.416 e. The third-order valence-electron chi connectivity index (χ3n) is 8.38. The fourth-order valence-electron chi connectivity index (χ4n) is 6.62. The minimum absolute atomic E-state index is 0.0509. The van der Waals surface area contributed by atoms with Crippen LogP contribution in [0, 0.1) is 0 Å². The van der Waals surface area contributed by atoms with Gasteiger partial charge in [0, 0.05) is 29.8 Å². The van der Waals surface area contributed by atoms with Crippen LogP contribution in [0.1, 0.15) is 35.1 Å². The second-order valence-electron chi connectivity index (χ2n) is 10.5. The number of hydrogen-bond acceptors (Lipinski definition) is 0. The van der Waals surface area contributed by atoms with Crippen molar-refractivity contribution in [2.45, 2.75) is 31.0 Å². The molecular formula is C35H27F3N2+2. The van der Waals surface area contributed by atoms with Gasteiger partial charge in [0.25, 0.3) is 0 Å². The minimum Gasteiger partial charge on any atom is -0.184 e. The van der Waals surface area contributed by atoms with Crippen LogP contribution in [0.15, 0.2) is 122 Å². The van der Waals surface area contributed by atoms with Gasteiger partial charge in [0.1, 0.15) is 0 Å². The quantitative estimate of drug-likeness (QED) is 0.193. The number of hydrogen-bond donors (Lipinski definition) is 0. The van der Waals surface area contributed by atoms with Gasteiger partial charge < -0.3 is 0 Å². The van der Waals surface area contributed by atoms with E-state index < -0.39 is 11.7 Å². The van der Waals surface area contributed by atoms with E-state index in [1.54, 1.807) is 0 Å². The Balaban J connectivity index is 1.52. The van der Waals surface area contributed by atoms with E-state index >= 15 is 0 Å². The Kier molecular flexibility index (Phi) is 5.70. The van der Waals surface area contributed by atoms with E-state index in [2.05, 4.69) is 35.5 Å². The van der Waals surface area contributed by atoms with Gasteiger partial charge in [-0.15, -0.1) is 0 Å². The van der Waals surface area contributed by atoms with Gasteiger partial charge >= 0.3 is 6.18 Å². The van der Waals surface area contributed by atoms with Crippen LogP contribution >= 0.6 is 0 Å². The van der Waals surface area contributed by atoms with Crippen molar-refractivity contribution in [3.05, 3.63) is 139 Å².